The summed E-state index contributed by atoms with van der Waals surface area (Å²) in [4.78, 5) is 8.09. The molecule has 5 nitrogen and oxygen atoms in total. The van der Waals surface area contributed by atoms with Crippen LogP contribution in [0.25, 0.3) is 33.4 Å². The van der Waals surface area contributed by atoms with E-state index in [1.165, 1.54) is 0 Å². The van der Waals surface area contributed by atoms with E-state index >= 15 is 0 Å². The van der Waals surface area contributed by atoms with Crippen LogP contribution >= 0.6 is 11.8 Å². The third-order valence-corrected chi connectivity index (χ3v) is 4.91. The first kappa shape index (κ1) is 17.1. The van der Waals surface area contributed by atoms with Gasteiger partial charge in [0.05, 0.1) is 11.4 Å². The van der Waals surface area contributed by atoms with Crippen LogP contribution in [0.15, 0.2) is 72.9 Å². The molecule has 0 aliphatic rings. The van der Waals surface area contributed by atoms with Gasteiger partial charge in [-0.05, 0) is 36.0 Å². The molecule has 0 saturated heterocycles. The van der Waals surface area contributed by atoms with Gasteiger partial charge in [0.2, 0.25) is 0 Å². The van der Waals surface area contributed by atoms with Crippen LogP contribution in [-0.4, -0.2) is 20.2 Å². The Morgan fingerprint density at radius 1 is 0.926 bits per heavy atom. The van der Waals surface area contributed by atoms with Crippen molar-refractivity contribution >= 4 is 32.9 Å². The van der Waals surface area contributed by atoms with Crippen molar-refractivity contribution in [1.82, 2.24) is 9.97 Å². The van der Waals surface area contributed by atoms with Crippen LogP contribution in [0.4, 0.5) is 0 Å². The highest BCUT2D eigenvalue weighted by Gasteiger charge is 2.12. The van der Waals surface area contributed by atoms with Crippen molar-refractivity contribution in [1.29, 1.82) is 10.8 Å². The Morgan fingerprint density at radius 2 is 1.70 bits per heavy atom. The normalized spacial score (nSPS) is 10.8. The zero-order valence-corrected chi connectivity index (χ0v) is 15.2. The fraction of sp³-hybridized carbons (Fsp3) is 0. The predicted octanol–water partition coefficient (Wildman–Crippen LogP) is 4.85. The number of fused-ring (bicyclic) bond motifs is 1. The lowest BCUT2D eigenvalue weighted by atomic mass is 10.1. The number of hydrogen-bond donors (Lipinski definition) is 4. The van der Waals surface area contributed by atoms with E-state index in [2.05, 4.69) is 4.98 Å². The second-order valence-corrected chi connectivity index (χ2v) is 7.08. The average Bonchev–Trinajstić information content (AvgIpc) is 3.11. The highest BCUT2D eigenvalue weighted by Crippen LogP contribution is 2.30. The fourth-order valence-corrected chi connectivity index (χ4v) is 3.46. The van der Waals surface area contributed by atoms with E-state index in [0.29, 0.717) is 0 Å². The molecular formula is C21H17N5S. The third-order valence-electron chi connectivity index (χ3n) is 4.25. The molecule has 0 radical (unpaired) electrons. The molecule has 0 bridgehead atoms. The van der Waals surface area contributed by atoms with E-state index in [0.717, 1.165) is 50.7 Å². The van der Waals surface area contributed by atoms with Crippen LogP contribution in [0.3, 0.4) is 0 Å². The summed E-state index contributed by atoms with van der Waals surface area (Å²) in [5.41, 5.74) is 10.9. The van der Waals surface area contributed by atoms with Crippen LogP contribution in [0.1, 0.15) is 5.56 Å². The first-order chi connectivity index (χ1) is 13.1. The summed E-state index contributed by atoms with van der Waals surface area (Å²) in [7, 11) is 0. The molecular weight excluding hydrogens is 354 g/mol. The number of nitrogens with zero attached hydrogens (tertiary/aromatic N) is 1. The fourth-order valence-electron chi connectivity index (χ4n) is 3.00. The van der Waals surface area contributed by atoms with Crippen molar-refractivity contribution < 1.29 is 0 Å². The summed E-state index contributed by atoms with van der Waals surface area (Å²) >= 11 is 0.939. The number of benzene rings is 2. The van der Waals surface area contributed by atoms with E-state index < -0.39 is 0 Å². The minimum Gasteiger partial charge on any atom is -0.378 e. The number of nitrogens with two attached hydrogens (primary N) is 1. The Kier molecular flexibility index (Phi) is 4.48. The van der Waals surface area contributed by atoms with Crippen LogP contribution in [0.2, 0.25) is 0 Å². The number of nitrogens with one attached hydrogen (secondary N) is 3. The lowest BCUT2D eigenvalue weighted by molar-refractivity contribution is 1.32. The molecule has 0 atom stereocenters. The molecule has 0 unspecified atom stereocenters. The molecule has 5 N–H and O–H groups in total. The van der Waals surface area contributed by atoms with Gasteiger partial charge in [0.1, 0.15) is 5.04 Å². The zero-order chi connectivity index (χ0) is 18.8. The molecule has 27 heavy (non-hydrogen) atoms. The molecule has 2 aromatic heterocycles. The smallest absolute Gasteiger partial charge is 0.157 e. The maximum Gasteiger partial charge on any atom is 0.157 e. The number of pyridine rings is 1. The Morgan fingerprint density at radius 3 is 2.48 bits per heavy atom. The quantitative estimate of drug-likeness (QED) is 0.306. The number of hydrogen-bond acceptors (Lipinski definition) is 4. The molecule has 0 aliphatic heterocycles. The summed E-state index contributed by atoms with van der Waals surface area (Å²) in [6.45, 7) is 0. The lowest BCUT2D eigenvalue weighted by Gasteiger charge is -2.06. The molecule has 132 valence electrons. The minimum atomic E-state index is -0.0911. The highest BCUT2D eigenvalue weighted by molar-refractivity contribution is 8.26. The number of rotatable bonds is 3. The number of thioether (sulfide) groups is 1. The van der Waals surface area contributed by atoms with Gasteiger partial charge in [-0.2, -0.15) is 0 Å². The van der Waals surface area contributed by atoms with Crippen molar-refractivity contribution in [2.24, 2.45) is 5.73 Å². The second kappa shape index (κ2) is 7.09. The first-order valence-electron chi connectivity index (χ1n) is 8.36. The molecule has 0 aliphatic carbocycles. The van der Waals surface area contributed by atoms with Crippen LogP contribution in [0, 0.1) is 10.8 Å². The van der Waals surface area contributed by atoms with Gasteiger partial charge in [0.15, 0.2) is 5.17 Å². The van der Waals surface area contributed by atoms with E-state index in [4.69, 9.17) is 21.5 Å². The average molecular weight is 371 g/mol. The zero-order valence-electron chi connectivity index (χ0n) is 14.4. The highest BCUT2D eigenvalue weighted by atomic mass is 32.2. The maximum absolute atomic E-state index is 8.13. The molecule has 0 spiro atoms. The van der Waals surface area contributed by atoms with Gasteiger partial charge in [0.25, 0.3) is 0 Å². The summed E-state index contributed by atoms with van der Waals surface area (Å²) in [6.07, 6.45) is 1.94. The van der Waals surface area contributed by atoms with Gasteiger partial charge in [-0.3, -0.25) is 10.8 Å². The molecule has 4 aromatic rings. The van der Waals surface area contributed by atoms with Crippen LogP contribution < -0.4 is 5.73 Å². The summed E-state index contributed by atoms with van der Waals surface area (Å²) in [5, 5.41) is 16.6. The van der Waals surface area contributed by atoms with E-state index in [1.807, 2.05) is 72.9 Å². The molecule has 0 saturated carbocycles. The SMILES string of the molecule is N=C(N)SC(=N)c1ccc2[nH]cc(-c3cccc(-c4ccccc4)n3)c2c1. The minimum absolute atomic E-state index is 0.0911. The van der Waals surface area contributed by atoms with Gasteiger partial charge in [-0.15, -0.1) is 0 Å². The molecule has 0 amide bonds. The number of aromatic nitrogens is 2. The maximum atomic E-state index is 8.13. The first-order valence-corrected chi connectivity index (χ1v) is 9.18. The van der Waals surface area contributed by atoms with Gasteiger partial charge in [-0.1, -0.05) is 42.5 Å². The number of H-pyrrole nitrogens is 1. The van der Waals surface area contributed by atoms with Crippen molar-refractivity contribution in [3.8, 4) is 22.5 Å². The Labute approximate surface area is 160 Å². The topological polar surface area (TPSA) is 102 Å². The molecule has 6 heteroatoms. The van der Waals surface area contributed by atoms with Gasteiger partial charge in [-0.25, -0.2) is 4.98 Å². The second-order valence-electron chi connectivity index (χ2n) is 6.03. The van der Waals surface area contributed by atoms with Crippen LogP contribution in [0.5, 0.6) is 0 Å². The predicted molar refractivity (Wildman–Crippen MR) is 113 cm³/mol. The number of amidine groups is 1. The van der Waals surface area contributed by atoms with Crippen molar-refractivity contribution in [3.05, 3.63) is 78.5 Å². The van der Waals surface area contributed by atoms with Gasteiger partial charge < -0.3 is 10.7 Å². The van der Waals surface area contributed by atoms with Crippen LogP contribution in [-0.2, 0) is 0 Å². The largest absolute Gasteiger partial charge is 0.378 e. The number of aromatic amines is 1. The molecule has 2 heterocycles. The third kappa shape index (κ3) is 3.47. The standard InChI is InChI=1S/C21H17N5S/c22-20(27-21(23)24)14-9-10-18-15(11-14)16(12-25-18)19-8-4-7-17(26-19)13-5-2-1-3-6-13/h1-12,22,25H,(H3,23,24). The van der Waals surface area contributed by atoms with E-state index in [-0.39, 0.29) is 10.2 Å². The van der Waals surface area contributed by atoms with Crippen molar-refractivity contribution in [3.63, 3.8) is 0 Å². The summed E-state index contributed by atoms with van der Waals surface area (Å²) in [6, 6.07) is 21.8. The lowest BCUT2D eigenvalue weighted by Crippen LogP contribution is -2.08. The molecule has 2 aromatic carbocycles. The van der Waals surface area contributed by atoms with Gasteiger partial charge in [0, 0.05) is 33.8 Å². The van der Waals surface area contributed by atoms with Crippen molar-refractivity contribution in [2.75, 3.05) is 0 Å². The Balaban J connectivity index is 1.78. The van der Waals surface area contributed by atoms with Crippen molar-refractivity contribution in [2.45, 2.75) is 0 Å². The van der Waals surface area contributed by atoms with Gasteiger partial charge >= 0.3 is 0 Å². The van der Waals surface area contributed by atoms with E-state index in [1.54, 1.807) is 0 Å². The molecule has 0 fully saturated rings. The van der Waals surface area contributed by atoms with E-state index in [9.17, 15) is 0 Å². The monoisotopic (exact) mass is 371 g/mol. The summed E-state index contributed by atoms with van der Waals surface area (Å²) in [5.74, 6) is 0. The molecule has 4 rings (SSSR count). The Bertz CT molecular complexity index is 1150. The summed E-state index contributed by atoms with van der Waals surface area (Å²) < 4.78 is 0. The Hall–Kier alpha value is -3.38.